The third-order valence-corrected chi connectivity index (χ3v) is 2.79. The minimum Gasteiger partial charge on any atom is -0.346 e. The topological polar surface area (TPSA) is 52.8 Å². The first-order valence-corrected chi connectivity index (χ1v) is 4.86. The Hall–Kier alpha value is -1.15. The summed E-state index contributed by atoms with van der Waals surface area (Å²) >= 11 is 1.54. The predicted molar refractivity (Wildman–Crippen MR) is 52.7 cm³/mol. The maximum Gasteiger partial charge on any atom is 0.208 e. The van der Waals surface area contributed by atoms with Crippen LogP contribution >= 0.6 is 11.3 Å². The van der Waals surface area contributed by atoms with Gasteiger partial charge in [0.25, 0.3) is 0 Å². The summed E-state index contributed by atoms with van der Waals surface area (Å²) < 4.78 is 0. The van der Waals surface area contributed by atoms with Gasteiger partial charge in [-0.05, 0) is 13.8 Å². The first kappa shape index (κ1) is 9.93. The Balaban J connectivity index is 2.68. The van der Waals surface area contributed by atoms with E-state index in [1.165, 1.54) is 0 Å². The summed E-state index contributed by atoms with van der Waals surface area (Å²) in [6.45, 7) is 3.92. The molecule has 13 heavy (non-hydrogen) atoms. The summed E-state index contributed by atoms with van der Waals surface area (Å²) in [4.78, 5) is 1.98. The maximum atomic E-state index is 8.53. The van der Waals surface area contributed by atoms with Crippen LogP contribution in [0.3, 0.4) is 0 Å². The Kier molecular flexibility index (Phi) is 3.20. The molecular formula is C8H12N4S. The number of hydrogen-bond donors (Lipinski definition) is 0. The molecular weight excluding hydrogens is 184 g/mol. The lowest BCUT2D eigenvalue weighted by Crippen LogP contribution is -2.28. The average molecular weight is 196 g/mol. The molecule has 1 heterocycles. The quantitative estimate of drug-likeness (QED) is 0.736. The molecule has 1 atom stereocenters. The van der Waals surface area contributed by atoms with Crippen molar-refractivity contribution < 1.29 is 0 Å². The van der Waals surface area contributed by atoms with Crippen LogP contribution in [0.15, 0.2) is 0 Å². The van der Waals surface area contributed by atoms with E-state index in [4.69, 9.17) is 5.26 Å². The standard InChI is InChI=1S/C8H12N4S/c1-6(4-5-9)12(3)8-11-10-7(2)13-8/h6H,4H2,1-3H3. The summed E-state index contributed by atoms with van der Waals surface area (Å²) in [5, 5.41) is 18.3. The average Bonchev–Trinajstić information content (AvgIpc) is 2.51. The van der Waals surface area contributed by atoms with Crippen molar-refractivity contribution in [2.24, 2.45) is 0 Å². The van der Waals surface area contributed by atoms with Gasteiger partial charge in [-0.15, -0.1) is 10.2 Å². The van der Waals surface area contributed by atoms with Crippen molar-refractivity contribution in [1.82, 2.24) is 10.2 Å². The minimum atomic E-state index is 0.192. The second-order valence-electron chi connectivity index (χ2n) is 2.93. The van der Waals surface area contributed by atoms with Crippen LogP contribution in [0.25, 0.3) is 0 Å². The normalized spacial score (nSPS) is 12.2. The fourth-order valence-electron chi connectivity index (χ4n) is 0.886. The largest absolute Gasteiger partial charge is 0.346 e. The first-order valence-electron chi connectivity index (χ1n) is 4.05. The van der Waals surface area contributed by atoms with Crippen LogP contribution in [0.2, 0.25) is 0 Å². The minimum absolute atomic E-state index is 0.192. The molecule has 0 aliphatic carbocycles. The summed E-state index contributed by atoms with van der Waals surface area (Å²) in [6, 6.07) is 2.33. The number of hydrogen-bond acceptors (Lipinski definition) is 5. The molecule has 0 saturated heterocycles. The van der Waals surface area contributed by atoms with Gasteiger partial charge in [0.2, 0.25) is 5.13 Å². The van der Waals surface area contributed by atoms with E-state index in [0.717, 1.165) is 10.1 Å². The van der Waals surface area contributed by atoms with E-state index in [-0.39, 0.29) is 6.04 Å². The fourth-order valence-corrected chi connectivity index (χ4v) is 1.64. The molecule has 0 amide bonds. The lowest BCUT2D eigenvalue weighted by molar-refractivity contribution is 0.696. The smallest absolute Gasteiger partial charge is 0.208 e. The third-order valence-electron chi connectivity index (χ3n) is 1.86. The van der Waals surface area contributed by atoms with Gasteiger partial charge in [-0.3, -0.25) is 0 Å². The number of rotatable bonds is 3. The van der Waals surface area contributed by atoms with Crippen molar-refractivity contribution in [2.75, 3.05) is 11.9 Å². The van der Waals surface area contributed by atoms with Gasteiger partial charge in [0.05, 0.1) is 12.5 Å². The van der Waals surface area contributed by atoms with Crippen LogP contribution < -0.4 is 4.90 Å². The second-order valence-corrected chi connectivity index (χ2v) is 4.09. The van der Waals surface area contributed by atoms with Gasteiger partial charge in [-0.25, -0.2) is 0 Å². The molecule has 0 aliphatic heterocycles. The highest BCUT2D eigenvalue weighted by atomic mass is 32.1. The Labute approximate surface area is 81.8 Å². The fraction of sp³-hybridized carbons (Fsp3) is 0.625. The van der Waals surface area contributed by atoms with E-state index >= 15 is 0 Å². The van der Waals surface area contributed by atoms with E-state index in [1.54, 1.807) is 11.3 Å². The van der Waals surface area contributed by atoms with Crippen molar-refractivity contribution in [3.05, 3.63) is 5.01 Å². The zero-order valence-electron chi connectivity index (χ0n) is 7.98. The lowest BCUT2D eigenvalue weighted by atomic mass is 10.2. The van der Waals surface area contributed by atoms with Crippen LogP contribution in [0, 0.1) is 18.3 Å². The molecule has 0 saturated carbocycles. The summed E-state index contributed by atoms with van der Waals surface area (Å²) in [7, 11) is 1.93. The van der Waals surface area contributed by atoms with Gasteiger partial charge in [-0.1, -0.05) is 11.3 Å². The predicted octanol–water partition coefficient (Wildman–Crippen LogP) is 1.58. The number of aromatic nitrogens is 2. The van der Waals surface area contributed by atoms with Crippen molar-refractivity contribution in [1.29, 1.82) is 5.26 Å². The molecule has 0 radical (unpaired) electrons. The van der Waals surface area contributed by atoms with Gasteiger partial charge >= 0.3 is 0 Å². The summed E-state index contributed by atoms with van der Waals surface area (Å²) in [5.74, 6) is 0. The molecule has 0 N–H and O–H groups in total. The van der Waals surface area contributed by atoms with E-state index in [2.05, 4.69) is 16.3 Å². The SMILES string of the molecule is Cc1nnc(N(C)C(C)CC#N)s1. The highest BCUT2D eigenvalue weighted by Gasteiger charge is 2.12. The van der Waals surface area contributed by atoms with Gasteiger partial charge in [0.1, 0.15) is 5.01 Å². The third kappa shape index (κ3) is 2.39. The summed E-state index contributed by atoms with van der Waals surface area (Å²) in [6.07, 6.45) is 0.509. The van der Waals surface area contributed by atoms with Crippen LogP contribution in [0.1, 0.15) is 18.4 Å². The number of aryl methyl sites for hydroxylation is 1. The number of nitriles is 1. The Morgan fingerprint density at radius 2 is 2.31 bits per heavy atom. The van der Waals surface area contributed by atoms with Crippen LogP contribution in [0.5, 0.6) is 0 Å². The molecule has 1 unspecified atom stereocenters. The van der Waals surface area contributed by atoms with Gasteiger partial charge in [0, 0.05) is 13.1 Å². The van der Waals surface area contributed by atoms with Crippen molar-refractivity contribution in [2.45, 2.75) is 26.3 Å². The molecule has 1 aromatic rings. The van der Waals surface area contributed by atoms with E-state index < -0.39 is 0 Å². The van der Waals surface area contributed by atoms with Crippen LogP contribution in [-0.2, 0) is 0 Å². The molecule has 1 aromatic heterocycles. The molecule has 1 rings (SSSR count). The maximum absolute atomic E-state index is 8.53. The molecule has 0 spiro atoms. The van der Waals surface area contributed by atoms with Gasteiger partial charge < -0.3 is 4.90 Å². The highest BCUT2D eigenvalue weighted by Crippen LogP contribution is 2.20. The van der Waals surface area contributed by atoms with Gasteiger partial charge in [-0.2, -0.15) is 5.26 Å². The molecule has 0 aliphatic rings. The second kappa shape index (κ2) is 4.19. The van der Waals surface area contributed by atoms with E-state index in [0.29, 0.717) is 6.42 Å². The molecule has 0 bridgehead atoms. The van der Waals surface area contributed by atoms with Crippen LogP contribution in [-0.4, -0.2) is 23.3 Å². The van der Waals surface area contributed by atoms with Crippen LogP contribution in [0.4, 0.5) is 5.13 Å². The highest BCUT2D eigenvalue weighted by molar-refractivity contribution is 7.15. The molecule has 70 valence electrons. The van der Waals surface area contributed by atoms with Crippen molar-refractivity contribution >= 4 is 16.5 Å². The number of nitrogens with zero attached hydrogens (tertiary/aromatic N) is 4. The summed E-state index contributed by atoms with van der Waals surface area (Å²) in [5.41, 5.74) is 0. The zero-order chi connectivity index (χ0) is 9.84. The molecule has 0 aromatic carbocycles. The van der Waals surface area contributed by atoms with Gasteiger partial charge in [0.15, 0.2) is 0 Å². The van der Waals surface area contributed by atoms with Crippen molar-refractivity contribution in [3.63, 3.8) is 0 Å². The Morgan fingerprint density at radius 3 is 2.77 bits per heavy atom. The van der Waals surface area contributed by atoms with E-state index in [9.17, 15) is 0 Å². The molecule has 4 nitrogen and oxygen atoms in total. The van der Waals surface area contributed by atoms with E-state index in [1.807, 2.05) is 25.8 Å². The first-order chi connectivity index (χ1) is 6.15. The Morgan fingerprint density at radius 1 is 1.62 bits per heavy atom. The molecule has 5 heteroatoms. The Bertz CT molecular complexity index is 314. The lowest BCUT2D eigenvalue weighted by Gasteiger charge is -2.20. The van der Waals surface area contributed by atoms with Crippen molar-refractivity contribution in [3.8, 4) is 6.07 Å². The molecule has 0 fully saturated rings. The number of anilines is 1. The monoisotopic (exact) mass is 196 g/mol. The zero-order valence-corrected chi connectivity index (χ0v) is 8.80.